The highest BCUT2D eigenvalue weighted by Crippen LogP contribution is 2.24. The van der Waals surface area contributed by atoms with Gasteiger partial charge in [0, 0.05) is 29.1 Å². The van der Waals surface area contributed by atoms with Crippen molar-refractivity contribution < 1.29 is 9.59 Å². The molecule has 5 heteroatoms. The summed E-state index contributed by atoms with van der Waals surface area (Å²) in [6.45, 7) is 1.96. The summed E-state index contributed by atoms with van der Waals surface area (Å²) in [5, 5.41) is 2.76. The van der Waals surface area contributed by atoms with E-state index in [1.54, 1.807) is 12.1 Å². The number of para-hydroxylation sites is 1. The Balaban J connectivity index is 1.85. The van der Waals surface area contributed by atoms with E-state index in [9.17, 15) is 14.4 Å². The largest absolute Gasteiger partial charge is 0.322 e. The van der Waals surface area contributed by atoms with Crippen LogP contribution in [0.2, 0.25) is 0 Å². The third-order valence-corrected chi connectivity index (χ3v) is 4.99. The highest BCUT2D eigenvalue weighted by molar-refractivity contribution is 6.06. The fourth-order valence-electron chi connectivity index (χ4n) is 3.54. The molecule has 0 radical (unpaired) electrons. The number of carbonyl (C=O) groups is 2. The number of fused-ring (bicyclic) bond motifs is 1. The van der Waals surface area contributed by atoms with Crippen LogP contribution in [0.5, 0.6) is 0 Å². The topological polar surface area (TPSA) is 68.2 Å². The van der Waals surface area contributed by atoms with Crippen molar-refractivity contribution in [3.63, 3.8) is 0 Å². The number of hydrogen-bond acceptors (Lipinski definition) is 3. The molecule has 28 heavy (non-hydrogen) atoms. The van der Waals surface area contributed by atoms with Gasteiger partial charge in [0.1, 0.15) is 5.56 Å². The number of hydrogen-bond donors (Lipinski definition) is 1. The Bertz CT molecular complexity index is 1110. The van der Waals surface area contributed by atoms with E-state index in [0.29, 0.717) is 41.9 Å². The third kappa shape index (κ3) is 3.27. The number of aryl methyl sites for hydroxylation is 1. The second kappa shape index (κ2) is 7.27. The Hall–Kier alpha value is -3.47. The Morgan fingerprint density at radius 3 is 2.39 bits per heavy atom. The summed E-state index contributed by atoms with van der Waals surface area (Å²) in [6, 6.07) is 17.9. The average molecular weight is 372 g/mol. The first kappa shape index (κ1) is 17.9. The minimum Gasteiger partial charge on any atom is -0.322 e. The molecule has 5 nitrogen and oxygen atoms in total. The summed E-state index contributed by atoms with van der Waals surface area (Å²) in [5.41, 5.74) is 3.03. The number of carbonyl (C=O) groups excluding carboxylic acids is 2. The molecule has 3 aromatic rings. The van der Waals surface area contributed by atoms with Crippen molar-refractivity contribution in [1.29, 1.82) is 0 Å². The maximum Gasteiger partial charge on any atom is 0.268 e. The summed E-state index contributed by atoms with van der Waals surface area (Å²) < 4.78 is 1.51. The predicted octanol–water partition coefficient (Wildman–Crippen LogP) is 3.92. The number of Topliss-reactive ketones (excluding diaryl/α,β-unsaturated/α-hetero) is 1. The quantitative estimate of drug-likeness (QED) is 0.758. The lowest BCUT2D eigenvalue weighted by Crippen LogP contribution is -2.33. The van der Waals surface area contributed by atoms with Crippen LogP contribution in [0.3, 0.4) is 0 Å². The molecule has 0 bridgehead atoms. The van der Waals surface area contributed by atoms with Crippen molar-refractivity contribution in [3.05, 3.63) is 93.4 Å². The van der Waals surface area contributed by atoms with E-state index in [2.05, 4.69) is 5.32 Å². The van der Waals surface area contributed by atoms with E-state index in [1.165, 1.54) is 10.6 Å². The second-order valence-electron chi connectivity index (χ2n) is 6.99. The van der Waals surface area contributed by atoms with Crippen molar-refractivity contribution in [2.24, 2.45) is 0 Å². The van der Waals surface area contributed by atoms with Crippen LogP contribution >= 0.6 is 0 Å². The van der Waals surface area contributed by atoms with E-state index < -0.39 is 11.5 Å². The van der Waals surface area contributed by atoms with Crippen molar-refractivity contribution in [1.82, 2.24) is 4.57 Å². The molecule has 0 atom stereocenters. The van der Waals surface area contributed by atoms with Gasteiger partial charge in [-0.25, -0.2) is 0 Å². The number of benzene rings is 2. The smallest absolute Gasteiger partial charge is 0.268 e. The van der Waals surface area contributed by atoms with Gasteiger partial charge in [-0.1, -0.05) is 35.9 Å². The number of nitrogens with zero attached hydrogens (tertiary/aromatic N) is 1. The van der Waals surface area contributed by atoms with Crippen molar-refractivity contribution in [2.45, 2.75) is 26.2 Å². The summed E-state index contributed by atoms with van der Waals surface area (Å²) in [5.74, 6) is -0.546. The molecule has 0 saturated carbocycles. The zero-order chi connectivity index (χ0) is 19.7. The molecule has 0 aliphatic heterocycles. The number of aromatic nitrogens is 1. The van der Waals surface area contributed by atoms with Gasteiger partial charge in [-0.3, -0.25) is 19.0 Å². The molecule has 1 N–H and O–H groups in total. The molecule has 0 fully saturated rings. The van der Waals surface area contributed by atoms with Crippen LogP contribution in [-0.2, 0) is 6.42 Å². The number of pyridine rings is 1. The molecule has 1 aromatic heterocycles. The fourth-order valence-corrected chi connectivity index (χ4v) is 3.54. The molecular formula is C23H20N2O3. The summed E-state index contributed by atoms with van der Waals surface area (Å²) in [6.07, 6.45) is 1.76. The Labute approximate surface area is 162 Å². The molecule has 0 spiro atoms. The van der Waals surface area contributed by atoms with Gasteiger partial charge in [0.25, 0.3) is 11.5 Å². The van der Waals surface area contributed by atoms with Crippen LogP contribution < -0.4 is 10.9 Å². The zero-order valence-corrected chi connectivity index (χ0v) is 15.6. The minimum absolute atomic E-state index is 0.0292. The number of anilines is 1. The monoisotopic (exact) mass is 372 g/mol. The highest BCUT2D eigenvalue weighted by atomic mass is 16.2. The first-order valence-corrected chi connectivity index (χ1v) is 9.30. The van der Waals surface area contributed by atoms with Crippen LogP contribution in [0, 0.1) is 6.92 Å². The van der Waals surface area contributed by atoms with Crippen molar-refractivity contribution in [2.75, 3.05) is 5.32 Å². The Morgan fingerprint density at radius 2 is 1.68 bits per heavy atom. The zero-order valence-electron chi connectivity index (χ0n) is 15.6. The van der Waals surface area contributed by atoms with Gasteiger partial charge in [-0.05, 0) is 50.1 Å². The number of amides is 1. The van der Waals surface area contributed by atoms with Crippen molar-refractivity contribution in [3.8, 4) is 5.69 Å². The van der Waals surface area contributed by atoms with Crippen molar-refractivity contribution >= 4 is 17.4 Å². The van der Waals surface area contributed by atoms with E-state index in [0.717, 1.165) is 5.56 Å². The van der Waals surface area contributed by atoms with E-state index >= 15 is 0 Å². The lowest BCUT2D eigenvalue weighted by atomic mass is 9.92. The molecule has 2 aromatic carbocycles. The van der Waals surface area contributed by atoms with E-state index in [1.807, 2.05) is 49.4 Å². The van der Waals surface area contributed by atoms with Gasteiger partial charge in [-0.15, -0.1) is 0 Å². The number of rotatable bonds is 3. The standard InChI is InChI=1S/C23H20N2O3/c1-15-10-12-16(13-11-15)24-22(27)19-14-18-20(8-5-9-21(18)26)25(23(19)28)17-6-3-2-4-7-17/h2-4,6-7,10-14H,5,8-9H2,1H3,(H,24,27). The molecule has 1 amide bonds. The van der Waals surface area contributed by atoms with Gasteiger partial charge >= 0.3 is 0 Å². The fraction of sp³-hybridized carbons (Fsp3) is 0.174. The van der Waals surface area contributed by atoms with Gasteiger partial charge in [0.15, 0.2) is 5.78 Å². The van der Waals surface area contributed by atoms with Crippen LogP contribution in [0.4, 0.5) is 5.69 Å². The molecule has 0 saturated heterocycles. The predicted molar refractivity (Wildman–Crippen MR) is 108 cm³/mol. The second-order valence-corrected chi connectivity index (χ2v) is 6.99. The third-order valence-electron chi connectivity index (χ3n) is 4.99. The van der Waals surface area contributed by atoms with Gasteiger partial charge in [0.05, 0.1) is 0 Å². The van der Waals surface area contributed by atoms with Gasteiger partial charge in [0.2, 0.25) is 0 Å². The molecule has 140 valence electrons. The Kier molecular flexibility index (Phi) is 4.65. The number of nitrogens with one attached hydrogen (secondary N) is 1. The number of ketones is 1. The SMILES string of the molecule is Cc1ccc(NC(=O)c2cc3c(n(-c4ccccc4)c2=O)CCCC3=O)cc1. The molecule has 0 unspecified atom stereocenters. The Morgan fingerprint density at radius 1 is 0.964 bits per heavy atom. The molecule has 1 aliphatic carbocycles. The maximum absolute atomic E-state index is 13.2. The first-order valence-electron chi connectivity index (χ1n) is 9.30. The molecule has 1 heterocycles. The normalized spacial score (nSPS) is 13.1. The van der Waals surface area contributed by atoms with E-state index in [-0.39, 0.29) is 11.3 Å². The highest BCUT2D eigenvalue weighted by Gasteiger charge is 2.26. The molecular weight excluding hydrogens is 352 g/mol. The summed E-state index contributed by atoms with van der Waals surface area (Å²) in [7, 11) is 0. The lowest BCUT2D eigenvalue weighted by Gasteiger charge is -2.21. The van der Waals surface area contributed by atoms with Crippen LogP contribution in [0.15, 0.2) is 65.5 Å². The lowest BCUT2D eigenvalue weighted by molar-refractivity contribution is 0.0971. The molecule has 1 aliphatic rings. The van der Waals surface area contributed by atoms with E-state index in [4.69, 9.17) is 0 Å². The maximum atomic E-state index is 13.2. The summed E-state index contributed by atoms with van der Waals surface area (Å²) in [4.78, 5) is 38.6. The van der Waals surface area contributed by atoms with Crippen LogP contribution in [0.1, 0.15) is 44.8 Å². The summed E-state index contributed by atoms with van der Waals surface area (Å²) >= 11 is 0. The molecule has 4 rings (SSSR count). The van der Waals surface area contributed by atoms with Gasteiger partial charge in [-0.2, -0.15) is 0 Å². The van der Waals surface area contributed by atoms with Crippen LogP contribution in [0.25, 0.3) is 5.69 Å². The minimum atomic E-state index is -0.514. The van der Waals surface area contributed by atoms with Crippen LogP contribution in [-0.4, -0.2) is 16.3 Å². The van der Waals surface area contributed by atoms with Gasteiger partial charge < -0.3 is 5.32 Å². The first-order chi connectivity index (χ1) is 13.5. The average Bonchev–Trinajstić information content (AvgIpc) is 2.70.